The normalized spacial score (nSPS) is 19.9. The molecule has 2 heterocycles. The number of rotatable bonds is 7. The molecule has 10 heteroatoms. The minimum absolute atomic E-state index is 0.160. The number of nitrogens with one attached hydrogen (secondary N) is 1. The first-order chi connectivity index (χ1) is 14.2. The number of morpholine rings is 1. The van der Waals surface area contributed by atoms with Gasteiger partial charge in [0, 0.05) is 25.0 Å². The van der Waals surface area contributed by atoms with Crippen molar-refractivity contribution in [3.63, 3.8) is 0 Å². The molecule has 1 N–H and O–H groups in total. The summed E-state index contributed by atoms with van der Waals surface area (Å²) < 4.78 is 30.4. The molecule has 2 aromatic rings. The average Bonchev–Trinajstić information content (AvgIpc) is 3.07. The summed E-state index contributed by atoms with van der Waals surface area (Å²) in [5.74, 6) is -1.50. The van der Waals surface area contributed by atoms with Crippen molar-refractivity contribution in [1.29, 1.82) is 5.26 Å². The van der Waals surface area contributed by atoms with Gasteiger partial charge in [0.25, 0.3) is 0 Å². The van der Waals surface area contributed by atoms with E-state index in [2.05, 4.69) is 15.2 Å². The van der Waals surface area contributed by atoms with Crippen LogP contribution in [0, 0.1) is 11.3 Å². The van der Waals surface area contributed by atoms with E-state index in [-0.39, 0.29) is 18.0 Å². The fraction of sp³-hybridized carbons (Fsp3) is 0.450. The third kappa shape index (κ3) is 6.60. The smallest absolute Gasteiger partial charge is 0.241 e. The largest absolute Gasteiger partial charge is 0.373 e. The maximum absolute atomic E-state index is 12.3. The van der Waals surface area contributed by atoms with Crippen molar-refractivity contribution in [3.8, 4) is 6.07 Å². The number of hydrogen-bond donors (Lipinski definition) is 1. The number of carbonyl (C=O) groups excluding carboxylic acids is 1. The van der Waals surface area contributed by atoms with Gasteiger partial charge in [-0.3, -0.25) is 9.69 Å². The molecule has 1 aliphatic rings. The third-order valence-electron chi connectivity index (χ3n) is 4.50. The highest BCUT2D eigenvalue weighted by molar-refractivity contribution is 7.91. The fourth-order valence-electron chi connectivity index (χ4n) is 3.42. The lowest BCUT2D eigenvalue weighted by Crippen LogP contribution is -2.44. The highest BCUT2D eigenvalue weighted by Gasteiger charge is 2.23. The summed E-state index contributed by atoms with van der Waals surface area (Å²) in [6.45, 7) is 6.36. The Morgan fingerprint density at radius 2 is 1.97 bits per heavy atom. The molecule has 0 radical (unpaired) electrons. The van der Waals surface area contributed by atoms with Gasteiger partial charge in [0.2, 0.25) is 5.91 Å². The number of hydrogen-bond acceptors (Lipinski definition) is 8. The molecule has 160 valence electrons. The Labute approximate surface area is 180 Å². The van der Waals surface area contributed by atoms with Gasteiger partial charge < -0.3 is 10.1 Å². The van der Waals surface area contributed by atoms with Crippen molar-refractivity contribution in [2.75, 3.05) is 24.2 Å². The zero-order valence-electron chi connectivity index (χ0n) is 16.9. The molecular formula is C20H24N4O4S2. The van der Waals surface area contributed by atoms with Crippen molar-refractivity contribution >= 4 is 32.2 Å². The second-order valence-corrected chi connectivity index (χ2v) is 10.4. The number of aromatic nitrogens is 1. The van der Waals surface area contributed by atoms with Crippen LogP contribution in [0.2, 0.25) is 0 Å². The molecule has 0 bridgehead atoms. The number of amides is 1. The molecule has 0 spiro atoms. The molecular weight excluding hydrogens is 424 g/mol. The molecule has 1 saturated heterocycles. The fourth-order valence-corrected chi connectivity index (χ4v) is 5.41. The van der Waals surface area contributed by atoms with Gasteiger partial charge in [0.05, 0.1) is 35.3 Å². The lowest BCUT2D eigenvalue weighted by Gasteiger charge is -2.34. The van der Waals surface area contributed by atoms with Crippen molar-refractivity contribution in [2.24, 2.45) is 0 Å². The number of thiazole rings is 1. The van der Waals surface area contributed by atoms with Crippen LogP contribution in [0.5, 0.6) is 0 Å². The quantitative estimate of drug-likeness (QED) is 0.691. The highest BCUT2D eigenvalue weighted by Crippen LogP contribution is 2.19. The topological polar surface area (TPSA) is 112 Å². The Balaban J connectivity index is 1.52. The molecule has 30 heavy (non-hydrogen) atoms. The lowest BCUT2D eigenvalue weighted by molar-refractivity contribution is -0.113. The van der Waals surface area contributed by atoms with Gasteiger partial charge >= 0.3 is 0 Å². The molecule has 8 nitrogen and oxygen atoms in total. The Bertz CT molecular complexity index is 1020. The summed E-state index contributed by atoms with van der Waals surface area (Å²) in [7, 11) is -3.64. The van der Waals surface area contributed by atoms with Crippen LogP contribution >= 0.6 is 11.3 Å². The second kappa shape index (κ2) is 9.66. The van der Waals surface area contributed by atoms with E-state index in [1.165, 1.54) is 11.3 Å². The summed E-state index contributed by atoms with van der Waals surface area (Å²) in [6, 6.07) is 8.24. The molecule has 2 unspecified atom stereocenters. The first-order valence-electron chi connectivity index (χ1n) is 9.54. The summed E-state index contributed by atoms with van der Waals surface area (Å²) in [6.07, 6.45) is 0.320. The molecule has 1 aromatic carbocycles. The van der Waals surface area contributed by atoms with Gasteiger partial charge in [0.15, 0.2) is 15.0 Å². The van der Waals surface area contributed by atoms with E-state index < -0.39 is 21.5 Å². The van der Waals surface area contributed by atoms with Gasteiger partial charge in [-0.15, -0.1) is 11.3 Å². The maximum atomic E-state index is 12.3. The standard InChI is InChI=1S/C20H24N4O4S2/c1-14-8-24(9-15(2)28-14)10-18-11-29-20(22-18)23-19(25)13-30(26,27)12-17-5-3-16(7-21)4-6-17/h3-6,11,14-15H,8-10,12-13H2,1-2H3,(H,22,23,25). The van der Waals surface area contributed by atoms with Crippen LogP contribution in [0.25, 0.3) is 0 Å². The predicted molar refractivity (Wildman–Crippen MR) is 115 cm³/mol. The number of benzene rings is 1. The van der Waals surface area contributed by atoms with Gasteiger partial charge in [0.1, 0.15) is 5.75 Å². The Morgan fingerprint density at radius 1 is 1.30 bits per heavy atom. The molecule has 0 saturated carbocycles. The van der Waals surface area contributed by atoms with Gasteiger partial charge in [-0.05, 0) is 31.5 Å². The zero-order chi connectivity index (χ0) is 21.7. The van der Waals surface area contributed by atoms with Crippen LogP contribution in [0.15, 0.2) is 29.6 Å². The second-order valence-electron chi connectivity index (χ2n) is 7.48. The van der Waals surface area contributed by atoms with Crippen molar-refractivity contribution in [1.82, 2.24) is 9.88 Å². The molecule has 3 rings (SSSR count). The van der Waals surface area contributed by atoms with E-state index in [4.69, 9.17) is 10.00 Å². The first-order valence-corrected chi connectivity index (χ1v) is 12.2. The number of sulfone groups is 1. The Hall–Kier alpha value is -2.32. The minimum atomic E-state index is -3.64. The monoisotopic (exact) mass is 448 g/mol. The van der Waals surface area contributed by atoms with Crippen LogP contribution in [0.4, 0.5) is 5.13 Å². The Kier molecular flexibility index (Phi) is 7.20. The van der Waals surface area contributed by atoms with Crippen LogP contribution in [-0.4, -0.2) is 55.3 Å². The highest BCUT2D eigenvalue weighted by atomic mass is 32.2. The number of nitrogens with zero attached hydrogens (tertiary/aromatic N) is 3. The molecule has 2 atom stereocenters. The van der Waals surface area contributed by atoms with Crippen LogP contribution in [0.3, 0.4) is 0 Å². The van der Waals surface area contributed by atoms with Gasteiger partial charge in [-0.2, -0.15) is 5.26 Å². The zero-order valence-corrected chi connectivity index (χ0v) is 18.5. The van der Waals surface area contributed by atoms with Gasteiger partial charge in [-0.25, -0.2) is 13.4 Å². The van der Waals surface area contributed by atoms with Crippen molar-refractivity contribution in [3.05, 3.63) is 46.5 Å². The number of anilines is 1. The lowest BCUT2D eigenvalue weighted by atomic mass is 10.2. The van der Waals surface area contributed by atoms with Crippen molar-refractivity contribution < 1.29 is 17.9 Å². The summed E-state index contributed by atoms with van der Waals surface area (Å²) >= 11 is 1.28. The number of nitriles is 1. The van der Waals surface area contributed by atoms with E-state index in [1.54, 1.807) is 24.3 Å². The first kappa shape index (κ1) is 22.4. The van der Waals surface area contributed by atoms with E-state index in [0.29, 0.717) is 22.8 Å². The minimum Gasteiger partial charge on any atom is -0.373 e. The van der Waals surface area contributed by atoms with E-state index in [9.17, 15) is 13.2 Å². The van der Waals surface area contributed by atoms with E-state index >= 15 is 0 Å². The van der Waals surface area contributed by atoms with Crippen LogP contribution in [0.1, 0.15) is 30.7 Å². The Morgan fingerprint density at radius 3 is 2.60 bits per heavy atom. The summed E-state index contributed by atoms with van der Waals surface area (Å²) in [5, 5.41) is 13.6. The predicted octanol–water partition coefficient (Wildman–Crippen LogP) is 2.18. The molecule has 1 amide bonds. The maximum Gasteiger partial charge on any atom is 0.241 e. The van der Waals surface area contributed by atoms with E-state index in [1.807, 2.05) is 25.3 Å². The van der Waals surface area contributed by atoms with Gasteiger partial charge in [-0.1, -0.05) is 12.1 Å². The average molecular weight is 449 g/mol. The van der Waals surface area contributed by atoms with Crippen LogP contribution in [-0.2, 0) is 31.7 Å². The SMILES string of the molecule is CC1CN(Cc2csc(NC(=O)CS(=O)(=O)Cc3ccc(C#N)cc3)n2)CC(C)O1. The summed E-state index contributed by atoms with van der Waals surface area (Å²) in [4.78, 5) is 18.9. The number of ether oxygens (including phenoxy) is 1. The third-order valence-corrected chi connectivity index (χ3v) is 6.78. The molecule has 1 aliphatic heterocycles. The molecule has 0 aliphatic carbocycles. The summed E-state index contributed by atoms with van der Waals surface area (Å²) in [5.41, 5.74) is 1.82. The molecule has 1 fully saturated rings. The number of carbonyl (C=O) groups is 1. The molecule has 1 aromatic heterocycles. The van der Waals surface area contributed by atoms with Crippen molar-refractivity contribution in [2.45, 2.75) is 38.4 Å². The van der Waals surface area contributed by atoms with Crippen LogP contribution < -0.4 is 5.32 Å². The van der Waals surface area contributed by atoms with E-state index in [0.717, 1.165) is 18.8 Å².